The third-order valence-electron chi connectivity index (χ3n) is 3.04. The first-order chi connectivity index (χ1) is 10.0. The van der Waals surface area contributed by atoms with Crippen LogP contribution in [0.3, 0.4) is 0 Å². The van der Waals surface area contributed by atoms with Crippen molar-refractivity contribution in [3.05, 3.63) is 47.6 Å². The largest absolute Gasteiger partial charge is 0.318 e. The van der Waals surface area contributed by atoms with Crippen LogP contribution < -0.4 is 5.32 Å². The van der Waals surface area contributed by atoms with Crippen LogP contribution in [-0.2, 0) is 0 Å². The Balaban J connectivity index is 1.82. The molecule has 0 bridgehead atoms. The predicted molar refractivity (Wildman–Crippen MR) is 80.8 cm³/mol. The number of anilines is 1. The van der Waals surface area contributed by atoms with Crippen LogP contribution in [0.5, 0.6) is 0 Å². The number of hydrogen-bond acceptors (Lipinski definition) is 3. The second-order valence-electron chi connectivity index (χ2n) is 5.00. The molecule has 108 valence electrons. The molecule has 0 atom stereocenters. The summed E-state index contributed by atoms with van der Waals surface area (Å²) in [6.07, 6.45) is 6.75. The van der Waals surface area contributed by atoms with E-state index in [9.17, 15) is 4.79 Å². The molecule has 6 nitrogen and oxygen atoms in total. The van der Waals surface area contributed by atoms with E-state index in [1.165, 1.54) is 0 Å². The number of rotatable bonds is 3. The first kappa shape index (κ1) is 13.6. The number of halogens is 1. The molecule has 0 saturated carbocycles. The summed E-state index contributed by atoms with van der Waals surface area (Å²) in [5.74, 6) is -0.280. The number of carbonyl (C=O) groups is 1. The van der Waals surface area contributed by atoms with Crippen molar-refractivity contribution in [2.45, 2.75) is 19.9 Å². The maximum Gasteiger partial charge on any atom is 0.275 e. The van der Waals surface area contributed by atoms with Crippen LogP contribution in [-0.4, -0.2) is 25.1 Å². The molecular formula is C14H14ClN5O. The van der Waals surface area contributed by atoms with Crippen LogP contribution in [0, 0.1) is 0 Å². The van der Waals surface area contributed by atoms with E-state index in [1.807, 2.05) is 13.8 Å². The van der Waals surface area contributed by atoms with Gasteiger partial charge < -0.3 is 9.72 Å². The first-order valence-corrected chi connectivity index (χ1v) is 6.90. The Morgan fingerprint density at radius 2 is 2.10 bits per heavy atom. The van der Waals surface area contributed by atoms with Crippen LogP contribution in [0.4, 0.5) is 5.69 Å². The minimum Gasteiger partial charge on any atom is -0.318 e. The smallest absolute Gasteiger partial charge is 0.275 e. The molecule has 0 aliphatic carbocycles. The van der Waals surface area contributed by atoms with Crippen LogP contribution in [0.1, 0.15) is 30.4 Å². The van der Waals surface area contributed by atoms with Crippen LogP contribution in [0.15, 0.2) is 36.9 Å². The van der Waals surface area contributed by atoms with Gasteiger partial charge in [0, 0.05) is 24.6 Å². The Kier molecular flexibility index (Phi) is 3.39. The number of amides is 1. The van der Waals surface area contributed by atoms with Gasteiger partial charge in [0.05, 0.1) is 16.9 Å². The third-order valence-corrected chi connectivity index (χ3v) is 3.26. The van der Waals surface area contributed by atoms with Gasteiger partial charge in [-0.25, -0.2) is 4.98 Å². The number of imidazole rings is 1. The number of nitrogens with one attached hydrogen (secondary N) is 1. The van der Waals surface area contributed by atoms with E-state index in [-0.39, 0.29) is 11.9 Å². The predicted octanol–water partition coefficient (Wildman–Crippen LogP) is 3.02. The molecule has 0 aliphatic rings. The molecule has 3 aromatic heterocycles. The van der Waals surface area contributed by atoms with Crippen molar-refractivity contribution >= 4 is 28.8 Å². The molecule has 7 heteroatoms. The molecule has 3 heterocycles. The third kappa shape index (κ3) is 2.75. The van der Waals surface area contributed by atoms with Gasteiger partial charge in [0.15, 0.2) is 0 Å². The maximum atomic E-state index is 12.2. The lowest BCUT2D eigenvalue weighted by Gasteiger charge is -2.03. The molecule has 1 amide bonds. The molecule has 0 aliphatic heterocycles. The number of nitrogens with zero attached hydrogens (tertiary/aromatic N) is 4. The second-order valence-corrected chi connectivity index (χ2v) is 5.43. The number of fused-ring (bicyclic) bond motifs is 1. The quantitative estimate of drug-likeness (QED) is 0.809. The molecule has 0 radical (unpaired) electrons. The normalized spacial score (nSPS) is 11.2. The van der Waals surface area contributed by atoms with Gasteiger partial charge in [0.1, 0.15) is 11.3 Å². The molecule has 0 saturated heterocycles. The van der Waals surface area contributed by atoms with Crippen molar-refractivity contribution in [3.8, 4) is 0 Å². The summed E-state index contributed by atoms with van der Waals surface area (Å²) in [5, 5.41) is 7.54. The Bertz CT molecular complexity index is 805. The zero-order valence-corrected chi connectivity index (χ0v) is 12.4. The SMILES string of the molecule is CC(C)n1cc(NC(=O)c2cn3cc(Cl)ccc3n2)cn1. The summed E-state index contributed by atoms with van der Waals surface area (Å²) in [5.41, 5.74) is 1.64. The van der Waals surface area contributed by atoms with Gasteiger partial charge in [-0.15, -0.1) is 0 Å². The lowest BCUT2D eigenvalue weighted by molar-refractivity contribution is 0.102. The molecule has 3 rings (SSSR count). The average Bonchev–Trinajstić information content (AvgIpc) is 3.04. The fourth-order valence-electron chi connectivity index (χ4n) is 1.95. The summed E-state index contributed by atoms with van der Waals surface area (Å²) < 4.78 is 3.49. The lowest BCUT2D eigenvalue weighted by Crippen LogP contribution is -2.11. The summed E-state index contributed by atoms with van der Waals surface area (Å²) in [6.45, 7) is 4.04. The summed E-state index contributed by atoms with van der Waals surface area (Å²) in [7, 11) is 0. The van der Waals surface area contributed by atoms with Gasteiger partial charge in [0.25, 0.3) is 5.91 Å². The molecule has 0 unspecified atom stereocenters. The zero-order chi connectivity index (χ0) is 15.0. The van der Waals surface area contributed by atoms with Crippen molar-refractivity contribution in [2.24, 2.45) is 0 Å². The molecule has 0 aromatic carbocycles. The molecule has 1 N–H and O–H groups in total. The van der Waals surface area contributed by atoms with Crippen LogP contribution in [0.25, 0.3) is 5.65 Å². The van der Waals surface area contributed by atoms with Crippen LogP contribution >= 0.6 is 11.6 Å². The minimum atomic E-state index is -0.280. The first-order valence-electron chi connectivity index (χ1n) is 6.53. The molecule has 3 aromatic rings. The van der Waals surface area contributed by atoms with Gasteiger partial charge in [0.2, 0.25) is 0 Å². The highest BCUT2D eigenvalue weighted by Gasteiger charge is 2.12. The summed E-state index contributed by atoms with van der Waals surface area (Å²) in [6, 6.07) is 3.74. The Labute approximate surface area is 126 Å². The zero-order valence-electron chi connectivity index (χ0n) is 11.6. The van der Waals surface area contributed by atoms with E-state index >= 15 is 0 Å². The van der Waals surface area contributed by atoms with E-state index in [0.29, 0.717) is 22.1 Å². The Morgan fingerprint density at radius 3 is 2.81 bits per heavy atom. The number of hydrogen-bond donors (Lipinski definition) is 1. The second kappa shape index (κ2) is 5.21. The maximum absolute atomic E-state index is 12.2. The fraction of sp³-hybridized carbons (Fsp3) is 0.214. The van der Waals surface area contributed by atoms with Gasteiger partial charge in [-0.05, 0) is 26.0 Å². The van der Waals surface area contributed by atoms with E-state index in [4.69, 9.17) is 11.6 Å². The van der Waals surface area contributed by atoms with E-state index in [0.717, 1.165) is 0 Å². The van der Waals surface area contributed by atoms with Crippen molar-refractivity contribution in [1.29, 1.82) is 0 Å². The fourth-order valence-corrected chi connectivity index (χ4v) is 2.12. The van der Waals surface area contributed by atoms with E-state index < -0.39 is 0 Å². The average molecular weight is 304 g/mol. The highest BCUT2D eigenvalue weighted by molar-refractivity contribution is 6.30. The van der Waals surface area contributed by atoms with Gasteiger partial charge >= 0.3 is 0 Å². The Hall–Kier alpha value is -2.34. The van der Waals surface area contributed by atoms with Gasteiger partial charge in [-0.2, -0.15) is 5.10 Å². The highest BCUT2D eigenvalue weighted by Crippen LogP contribution is 2.14. The monoisotopic (exact) mass is 303 g/mol. The number of carbonyl (C=O) groups excluding carboxylic acids is 1. The minimum absolute atomic E-state index is 0.244. The topological polar surface area (TPSA) is 64.2 Å². The van der Waals surface area contributed by atoms with Crippen molar-refractivity contribution in [1.82, 2.24) is 19.2 Å². The molecule has 21 heavy (non-hydrogen) atoms. The van der Waals surface area contributed by atoms with Crippen molar-refractivity contribution < 1.29 is 4.79 Å². The van der Waals surface area contributed by atoms with Crippen molar-refractivity contribution in [3.63, 3.8) is 0 Å². The summed E-state index contributed by atoms with van der Waals surface area (Å²) in [4.78, 5) is 16.4. The van der Waals surface area contributed by atoms with Gasteiger partial charge in [-0.1, -0.05) is 11.6 Å². The summed E-state index contributed by atoms with van der Waals surface area (Å²) >= 11 is 5.91. The van der Waals surface area contributed by atoms with Crippen molar-refractivity contribution in [2.75, 3.05) is 5.32 Å². The van der Waals surface area contributed by atoms with E-state index in [1.54, 1.807) is 46.0 Å². The van der Waals surface area contributed by atoms with Gasteiger partial charge in [-0.3, -0.25) is 9.48 Å². The lowest BCUT2D eigenvalue weighted by atomic mass is 10.4. The molecular weight excluding hydrogens is 290 g/mol. The molecule has 0 fully saturated rings. The van der Waals surface area contributed by atoms with Crippen LogP contribution in [0.2, 0.25) is 5.02 Å². The number of aromatic nitrogens is 4. The van der Waals surface area contributed by atoms with E-state index in [2.05, 4.69) is 15.4 Å². The molecule has 0 spiro atoms. The standard InChI is InChI=1S/C14H14ClN5O/c1-9(2)20-7-11(5-16-20)17-14(21)12-8-19-6-10(15)3-4-13(19)18-12/h3-9H,1-2H3,(H,17,21). The number of pyridine rings is 1. The Morgan fingerprint density at radius 1 is 1.29 bits per heavy atom. The highest BCUT2D eigenvalue weighted by atomic mass is 35.5.